The number of hydrogen-bond donors (Lipinski definition) is 3. The molecule has 2 aliphatic rings. The summed E-state index contributed by atoms with van der Waals surface area (Å²) in [5, 5.41) is 25.6. The maximum absolute atomic E-state index is 13.2. The van der Waals surface area contributed by atoms with Crippen LogP contribution in [0, 0.1) is 0 Å². The number of anilines is 1. The average Bonchev–Trinajstić information content (AvgIpc) is 3.68. The lowest BCUT2D eigenvalue weighted by Crippen LogP contribution is -2.71. The van der Waals surface area contributed by atoms with E-state index in [1.807, 2.05) is 0 Å². The Morgan fingerprint density at radius 2 is 1.94 bits per heavy atom. The minimum atomic E-state index is -1.31. The van der Waals surface area contributed by atoms with Gasteiger partial charge in [-0.05, 0) is 30.7 Å². The molecule has 1 fully saturated rings. The van der Waals surface area contributed by atoms with Gasteiger partial charge < -0.3 is 34.9 Å². The molecule has 0 aliphatic carbocycles. The van der Waals surface area contributed by atoms with Gasteiger partial charge in [-0.3, -0.25) is 24.1 Å². The van der Waals surface area contributed by atoms with Crippen molar-refractivity contribution in [3.63, 3.8) is 0 Å². The van der Waals surface area contributed by atoms with Crippen molar-refractivity contribution in [2.24, 2.45) is 5.16 Å². The van der Waals surface area contributed by atoms with Crippen LogP contribution in [0.25, 0.3) is 11.5 Å². The molecule has 2 aromatic heterocycles. The maximum atomic E-state index is 13.2. The number of thioether (sulfide) groups is 2. The molecule has 4 heterocycles. The summed E-state index contributed by atoms with van der Waals surface area (Å²) in [6, 6.07) is 3.32. The van der Waals surface area contributed by atoms with E-state index in [4.69, 9.17) is 24.5 Å². The first kappa shape index (κ1) is 33.4. The van der Waals surface area contributed by atoms with Gasteiger partial charge in [0.25, 0.3) is 17.0 Å². The summed E-state index contributed by atoms with van der Waals surface area (Å²) < 4.78 is 15.9. The molecule has 246 valence electrons. The minimum absolute atomic E-state index is 0.0258. The number of rotatable bonds is 12. The molecular formula is C27H25N7O10S3. The van der Waals surface area contributed by atoms with Crippen molar-refractivity contribution < 1.29 is 47.8 Å². The fraction of sp³-hybridized carbons (Fsp3) is 0.296. The minimum Gasteiger partial charge on any atom is -0.477 e. The van der Waals surface area contributed by atoms with Gasteiger partial charge in [0, 0.05) is 36.3 Å². The van der Waals surface area contributed by atoms with Gasteiger partial charge >= 0.3 is 17.9 Å². The molecule has 0 saturated carbocycles. The molecule has 0 spiro atoms. The number of nitrogens with zero attached hydrogens (tertiary/aromatic N) is 5. The lowest BCUT2D eigenvalue weighted by molar-refractivity contribution is -0.150. The molecule has 4 N–H and O–H groups in total. The Kier molecular flexibility index (Phi) is 10.1. The number of hydrogen-bond acceptors (Lipinski definition) is 17. The molecule has 0 unspecified atom stereocenters. The van der Waals surface area contributed by atoms with Crippen LogP contribution in [0.1, 0.15) is 26.5 Å². The molecule has 3 aromatic rings. The number of esters is 2. The highest BCUT2D eigenvalue weighted by molar-refractivity contribution is 8.01. The number of nitrogens with two attached hydrogens (primary N) is 1. The van der Waals surface area contributed by atoms with Gasteiger partial charge in [-0.2, -0.15) is 0 Å². The van der Waals surface area contributed by atoms with Crippen molar-refractivity contribution in [2.45, 2.75) is 37.4 Å². The topological polar surface area (TPSA) is 239 Å². The summed E-state index contributed by atoms with van der Waals surface area (Å²) in [6.45, 7) is 4.26. The lowest BCUT2D eigenvalue weighted by Gasteiger charge is -2.49. The van der Waals surface area contributed by atoms with E-state index in [0.717, 1.165) is 28.0 Å². The highest BCUT2D eigenvalue weighted by Gasteiger charge is 2.54. The Labute approximate surface area is 277 Å². The molecule has 5 rings (SSSR count). The van der Waals surface area contributed by atoms with E-state index in [1.54, 1.807) is 6.92 Å². The van der Waals surface area contributed by atoms with E-state index >= 15 is 0 Å². The van der Waals surface area contributed by atoms with Gasteiger partial charge in [-0.15, -0.1) is 33.3 Å². The van der Waals surface area contributed by atoms with Crippen molar-refractivity contribution in [1.29, 1.82) is 0 Å². The molecule has 2 aliphatic heterocycles. The van der Waals surface area contributed by atoms with E-state index in [9.17, 15) is 29.1 Å². The highest BCUT2D eigenvalue weighted by atomic mass is 32.2. The maximum Gasteiger partial charge on any atom is 0.352 e. The molecular weight excluding hydrogens is 679 g/mol. The van der Waals surface area contributed by atoms with E-state index in [2.05, 4.69) is 25.7 Å². The van der Waals surface area contributed by atoms with Gasteiger partial charge in [0.05, 0.1) is 0 Å². The van der Waals surface area contributed by atoms with Gasteiger partial charge in [0.1, 0.15) is 29.4 Å². The number of nitrogen functional groups attached to an aromatic ring is 1. The number of carbonyl (C=O) groups is 5. The normalized spacial score (nSPS) is 17.5. The van der Waals surface area contributed by atoms with Crippen LogP contribution in [0.4, 0.5) is 5.13 Å². The van der Waals surface area contributed by atoms with Crippen LogP contribution in [-0.4, -0.2) is 90.2 Å². The summed E-state index contributed by atoms with van der Waals surface area (Å²) in [5.41, 5.74) is 6.30. The number of fused-ring (bicyclic) bond motifs is 1. The van der Waals surface area contributed by atoms with E-state index < -0.39 is 41.1 Å². The van der Waals surface area contributed by atoms with E-state index in [1.165, 1.54) is 49.2 Å². The molecule has 20 heteroatoms. The molecule has 17 nitrogen and oxygen atoms in total. The van der Waals surface area contributed by atoms with Gasteiger partial charge in [-0.25, -0.2) is 9.78 Å². The summed E-state index contributed by atoms with van der Waals surface area (Å²) in [7, 11) is 0. The summed E-state index contributed by atoms with van der Waals surface area (Å²) in [6.07, 6.45) is 0. The zero-order valence-electron chi connectivity index (χ0n) is 24.7. The number of β-lactam (4-membered cyclic amide) rings is 1. The van der Waals surface area contributed by atoms with E-state index in [-0.39, 0.29) is 63.0 Å². The van der Waals surface area contributed by atoms with Crippen LogP contribution in [0.5, 0.6) is 11.5 Å². The van der Waals surface area contributed by atoms with Crippen molar-refractivity contribution in [2.75, 3.05) is 23.8 Å². The lowest BCUT2D eigenvalue weighted by atomic mass is 10.0. The van der Waals surface area contributed by atoms with Crippen molar-refractivity contribution in [3.8, 4) is 23.0 Å². The second-order valence-electron chi connectivity index (χ2n) is 9.56. The first-order valence-corrected chi connectivity index (χ1v) is 16.5. The average molecular weight is 704 g/mol. The molecule has 1 aromatic carbocycles. The third kappa shape index (κ3) is 7.39. The van der Waals surface area contributed by atoms with E-state index in [0.29, 0.717) is 11.1 Å². The van der Waals surface area contributed by atoms with Crippen LogP contribution < -0.4 is 20.5 Å². The number of carboxylic acid groups (broad SMARTS) is 1. The largest absolute Gasteiger partial charge is 0.477 e. The SMILES string of the molecule is CCON=C(C(=O)N[C@@H]1C(=O)N2C(C(=O)O)=C(CSc3nnc(-c4ccc(OC(C)=O)c(OC(C)=O)c4)o3)CS[C@@H]12)c1csc(N)n1. The smallest absolute Gasteiger partial charge is 0.352 e. The molecule has 47 heavy (non-hydrogen) atoms. The number of ether oxygens (including phenoxy) is 2. The zero-order chi connectivity index (χ0) is 33.8. The van der Waals surface area contributed by atoms with Crippen molar-refractivity contribution >= 4 is 75.4 Å². The summed E-state index contributed by atoms with van der Waals surface area (Å²) in [4.78, 5) is 71.7. The van der Waals surface area contributed by atoms with Gasteiger partial charge in [0.15, 0.2) is 22.3 Å². The molecule has 2 amide bonds. The van der Waals surface area contributed by atoms with Crippen molar-refractivity contribution in [1.82, 2.24) is 25.4 Å². The summed E-state index contributed by atoms with van der Waals surface area (Å²) >= 11 is 3.44. The Balaban J connectivity index is 1.28. The quantitative estimate of drug-likeness (QED) is 0.0609. The number of aliphatic carboxylic acids is 1. The monoisotopic (exact) mass is 703 g/mol. The Morgan fingerprint density at radius 1 is 1.19 bits per heavy atom. The third-order valence-electron chi connectivity index (χ3n) is 6.28. The highest BCUT2D eigenvalue weighted by Crippen LogP contribution is 2.42. The molecule has 2 atom stereocenters. The number of amides is 2. The Bertz CT molecular complexity index is 1820. The van der Waals surface area contributed by atoms with Crippen molar-refractivity contribution in [3.05, 3.63) is 40.5 Å². The molecule has 1 saturated heterocycles. The van der Waals surface area contributed by atoms with Crippen LogP contribution in [-0.2, 0) is 28.8 Å². The fourth-order valence-corrected chi connectivity index (χ4v) is 7.18. The second kappa shape index (κ2) is 14.2. The number of nitrogens with one attached hydrogen (secondary N) is 1. The van der Waals surface area contributed by atoms with Gasteiger partial charge in [-0.1, -0.05) is 16.9 Å². The Morgan fingerprint density at radius 3 is 2.60 bits per heavy atom. The van der Waals surface area contributed by atoms with Crippen LogP contribution >= 0.6 is 34.9 Å². The number of oxime groups is 1. The Hall–Kier alpha value is -4.95. The first-order valence-electron chi connectivity index (χ1n) is 13.6. The summed E-state index contributed by atoms with van der Waals surface area (Å²) in [5.74, 6) is -3.48. The number of benzene rings is 1. The number of thiazole rings is 1. The first-order chi connectivity index (χ1) is 22.5. The van der Waals surface area contributed by atoms with Crippen LogP contribution in [0.15, 0.2) is 49.6 Å². The number of carboxylic acids is 1. The standard InChI is InChI=1S/C27H25N7O10S3/c1-4-41-33-18(15-10-46-26(28)29-15)21(37)30-19-23(38)34-20(25(39)40)14(8-45-24(19)34)9-47-27-32-31-22(44-27)13-5-6-16(42-11(2)35)17(7-13)43-12(3)36/h5-7,10,19,24H,4,8-9H2,1-3H3,(H2,28,29)(H,30,37)(H,39,40)/t19-,24+/m1/s1. The second-order valence-corrected chi connectivity index (χ2v) is 12.5. The fourth-order valence-electron chi connectivity index (χ4n) is 4.38. The third-order valence-corrected chi connectivity index (χ3v) is 9.19. The number of aromatic nitrogens is 3. The van der Waals surface area contributed by atoms with Crippen LogP contribution in [0.2, 0.25) is 0 Å². The number of carbonyl (C=O) groups excluding carboxylic acids is 4. The molecule has 0 bridgehead atoms. The predicted octanol–water partition coefficient (Wildman–Crippen LogP) is 1.90. The van der Waals surface area contributed by atoms with Gasteiger partial charge in [0.2, 0.25) is 5.89 Å². The van der Waals surface area contributed by atoms with Crippen LogP contribution in [0.3, 0.4) is 0 Å². The predicted molar refractivity (Wildman–Crippen MR) is 167 cm³/mol. The zero-order valence-corrected chi connectivity index (χ0v) is 27.2. The molecule has 0 radical (unpaired) electrons.